The maximum absolute atomic E-state index is 5.52. The first-order valence-electron chi connectivity index (χ1n) is 8.04. The summed E-state index contributed by atoms with van der Waals surface area (Å²) >= 11 is 0. The fourth-order valence-electron chi connectivity index (χ4n) is 3.32. The van der Waals surface area contributed by atoms with E-state index in [0.717, 1.165) is 37.1 Å². The molecule has 1 aliphatic carbocycles. The van der Waals surface area contributed by atoms with Gasteiger partial charge in [0.15, 0.2) is 0 Å². The van der Waals surface area contributed by atoms with Gasteiger partial charge in [0.25, 0.3) is 0 Å². The Labute approximate surface area is 125 Å². The van der Waals surface area contributed by atoms with Gasteiger partial charge in [-0.15, -0.1) is 10.2 Å². The monoisotopic (exact) mass is 286 g/mol. The van der Waals surface area contributed by atoms with Gasteiger partial charge in [0.1, 0.15) is 17.9 Å². The van der Waals surface area contributed by atoms with Crippen LogP contribution in [0.3, 0.4) is 0 Å². The van der Waals surface area contributed by atoms with Crippen LogP contribution in [0, 0.1) is 5.92 Å². The van der Waals surface area contributed by atoms with Crippen molar-refractivity contribution in [3.8, 4) is 0 Å². The summed E-state index contributed by atoms with van der Waals surface area (Å²) in [4.78, 5) is 2.50. The third-order valence-corrected chi connectivity index (χ3v) is 4.65. The number of aromatic nitrogens is 3. The van der Waals surface area contributed by atoms with Crippen molar-refractivity contribution in [1.82, 2.24) is 19.7 Å². The van der Waals surface area contributed by atoms with E-state index in [1.165, 1.54) is 32.1 Å². The normalized spacial score (nSPS) is 23.5. The number of piperidine rings is 1. The fourth-order valence-corrected chi connectivity index (χ4v) is 3.32. The smallest absolute Gasteiger partial charge is 0.150 e. The van der Waals surface area contributed by atoms with Gasteiger partial charge in [-0.25, -0.2) is 0 Å². The van der Waals surface area contributed by atoms with E-state index in [1.807, 2.05) is 12.4 Å². The van der Waals surface area contributed by atoms with E-state index < -0.39 is 0 Å². The largest absolute Gasteiger partial charge is 0.468 e. The van der Waals surface area contributed by atoms with E-state index in [2.05, 4.69) is 25.7 Å². The van der Waals surface area contributed by atoms with Crippen molar-refractivity contribution in [2.75, 3.05) is 6.54 Å². The minimum atomic E-state index is 0.380. The van der Waals surface area contributed by atoms with E-state index >= 15 is 0 Å². The quantitative estimate of drug-likeness (QED) is 0.847. The van der Waals surface area contributed by atoms with Gasteiger partial charge in [-0.2, -0.15) is 0 Å². The molecule has 5 nitrogen and oxygen atoms in total. The van der Waals surface area contributed by atoms with Gasteiger partial charge in [-0.1, -0.05) is 6.42 Å². The molecule has 2 fully saturated rings. The Balaban J connectivity index is 1.54. The molecule has 2 aromatic heterocycles. The van der Waals surface area contributed by atoms with Crippen molar-refractivity contribution < 1.29 is 4.42 Å². The zero-order valence-corrected chi connectivity index (χ0v) is 12.3. The number of rotatable bonds is 5. The maximum atomic E-state index is 5.52. The summed E-state index contributed by atoms with van der Waals surface area (Å²) in [5.74, 6) is 3.03. The van der Waals surface area contributed by atoms with E-state index in [0.29, 0.717) is 6.04 Å². The van der Waals surface area contributed by atoms with Crippen molar-refractivity contribution >= 4 is 0 Å². The van der Waals surface area contributed by atoms with Crippen molar-refractivity contribution in [1.29, 1.82) is 0 Å². The maximum Gasteiger partial charge on any atom is 0.150 e. The number of nitrogens with zero attached hydrogens (tertiary/aromatic N) is 4. The Hall–Kier alpha value is -1.62. The molecule has 0 aromatic carbocycles. The lowest BCUT2D eigenvalue weighted by Crippen LogP contribution is -2.34. The van der Waals surface area contributed by atoms with Crippen LogP contribution in [0.5, 0.6) is 0 Å². The van der Waals surface area contributed by atoms with Crippen LogP contribution < -0.4 is 0 Å². The summed E-state index contributed by atoms with van der Waals surface area (Å²) in [6.45, 7) is 3.07. The van der Waals surface area contributed by atoms with E-state index in [-0.39, 0.29) is 0 Å². The Morgan fingerprint density at radius 1 is 1.24 bits per heavy atom. The SMILES string of the molecule is c1coc(CN2CCCCC2c2nncn2CC2CC2)c1. The third-order valence-electron chi connectivity index (χ3n) is 4.65. The lowest BCUT2D eigenvalue weighted by atomic mass is 10.0. The highest BCUT2D eigenvalue weighted by Gasteiger charge is 2.30. The van der Waals surface area contributed by atoms with E-state index in [4.69, 9.17) is 4.42 Å². The molecule has 0 amide bonds. The van der Waals surface area contributed by atoms with Crippen LogP contribution in [0.15, 0.2) is 29.1 Å². The molecule has 0 bridgehead atoms. The van der Waals surface area contributed by atoms with Crippen LogP contribution in [0.1, 0.15) is 49.7 Å². The van der Waals surface area contributed by atoms with Gasteiger partial charge >= 0.3 is 0 Å². The molecule has 1 aliphatic heterocycles. The molecule has 0 spiro atoms. The Bertz CT molecular complexity index is 573. The molecule has 3 heterocycles. The van der Waals surface area contributed by atoms with Crippen LogP contribution in [0.4, 0.5) is 0 Å². The second-order valence-corrected chi connectivity index (χ2v) is 6.35. The van der Waals surface area contributed by atoms with E-state index in [1.54, 1.807) is 6.26 Å². The average Bonchev–Trinajstić information content (AvgIpc) is 2.98. The average molecular weight is 286 g/mol. The molecule has 1 unspecified atom stereocenters. The highest BCUT2D eigenvalue weighted by atomic mass is 16.3. The minimum absolute atomic E-state index is 0.380. The molecule has 1 saturated heterocycles. The van der Waals surface area contributed by atoms with Gasteiger partial charge in [0.2, 0.25) is 0 Å². The zero-order valence-electron chi connectivity index (χ0n) is 12.3. The molecular weight excluding hydrogens is 264 g/mol. The topological polar surface area (TPSA) is 47.1 Å². The van der Waals surface area contributed by atoms with Gasteiger partial charge in [-0.05, 0) is 50.3 Å². The molecule has 5 heteroatoms. The summed E-state index contributed by atoms with van der Waals surface area (Å²) < 4.78 is 7.80. The molecule has 2 aliphatic rings. The van der Waals surface area contributed by atoms with Crippen LogP contribution in [-0.4, -0.2) is 26.2 Å². The molecule has 1 atom stereocenters. The number of likely N-dealkylation sites (tertiary alicyclic amines) is 1. The fraction of sp³-hybridized carbons (Fsp3) is 0.625. The van der Waals surface area contributed by atoms with Crippen molar-refractivity contribution in [2.24, 2.45) is 5.92 Å². The third kappa shape index (κ3) is 2.88. The van der Waals surface area contributed by atoms with Crippen LogP contribution in [-0.2, 0) is 13.1 Å². The standard InChI is InChI=1S/C16H22N4O/c1-2-8-19(11-14-4-3-9-21-14)15(5-1)16-18-17-12-20(16)10-13-6-7-13/h3-4,9,12-13,15H,1-2,5-8,10-11H2. The lowest BCUT2D eigenvalue weighted by Gasteiger charge is -2.34. The van der Waals surface area contributed by atoms with Gasteiger partial charge in [0.05, 0.1) is 18.8 Å². The van der Waals surface area contributed by atoms with Crippen molar-refractivity contribution in [3.05, 3.63) is 36.3 Å². The summed E-state index contributed by atoms with van der Waals surface area (Å²) in [7, 11) is 0. The highest BCUT2D eigenvalue weighted by Crippen LogP contribution is 2.34. The molecule has 1 saturated carbocycles. The first-order valence-corrected chi connectivity index (χ1v) is 8.04. The Morgan fingerprint density at radius 3 is 3.00 bits per heavy atom. The van der Waals surface area contributed by atoms with Crippen LogP contribution in [0.2, 0.25) is 0 Å². The molecule has 0 radical (unpaired) electrons. The molecule has 21 heavy (non-hydrogen) atoms. The number of hydrogen-bond donors (Lipinski definition) is 0. The number of hydrogen-bond acceptors (Lipinski definition) is 4. The summed E-state index contributed by atoms with van der Waals surface area (Å²) in [6.07, 6.45) is 10.1. The molecule has 0 N–H and O–H groups in total. The Kier molecular flexibility index (Phi) is 3.51. The van der Waals surface area contributed by atoms with Crippen LogP contribution >= 0.6 is 0 Å². The predicted molar refractivity (Wildman–Crippen MR) is 78.5 cm³/mol. The lowest BCUT2D eigenvalue weighted by molar-refractivity contribution is 0.120. The van der Waals surface area contributed by atoms with Gasteiger partial charge in [-0.3, -0.25) is 4.90 Å². The summed E-state index contributed by atoms with van der Waals surface area (Å²) in [5, 5.41) is 8.61. The second kappa shape index (κ2) is 5.64. The molecule has 112 valence electrons. The zero-order chi connectivity index (χ0) is 14.1. The van der Waals surface area contributed by atoms with Crippen molar-refractivity contribution in [3.63, 3.8) is 0 Å². The highest BCUT2D eigenvalue weighted by molar-refractivity contribution is 5.03. The second-order valence-electron chi connectivity index (χ2n) is 6.35. The minimum Gasteiger partial charge on any atom is -0.468 e. The first kappa shape index (κ1) is 13.1. The summed E-state index contributed by atoms with van der Waals surface area (Å²) in [6, 6.07) is 4.40. The Morgan fingerprint density at radius 2 is 2.19 bits per heavy atom. The predicted octanol–water partition coefficient (Wildman–Crippen LogP) is 3.01. The first-order chi connectivity index (χ1) is 10.4. The van der Waals surface area contributed by atoms with Gasteiger partial charge < -0.3 is 8.98 Å². The molecule has 2 aromatic rings. The molecule has 4 rings (SSSR count). The van der Waals surface area contributed by atoms with Crippen molar-refractivity contribution in [2.45, 2.75) is 51.2 Å². The van der Waals surface area contributed by atoms with Gasteiger partial charge in [0, 0.05) is 6.54 Å². The molecular formula is C16H22N4O. The van der Waals surface area contributed by atoms with E-state index in [9.17, 15) is 0 Å². The number of furan rings is 1. The summed E-state index contributed by atoms with van der Waals surface area (Å²) in [5.41, 5.74) is 0. The van der Waals surface area contributed by atoms with Crippen LogP contribution in [0.25, 0.3) is 0 Å².